The zero-order valence-electron chi connectivity index (χ0n) is 20.1. The smallest absolute Gasteiger partial charge is 0.313 e. The summed E-state index contributed by atoms with van der Waals surface area (Å²) < 4.78 is 6.81. The maximum Gasteiger partial charge on any atom is 0.332 e. The first-order valence-electron chi connectivity index (χ1n) is 11.5. The average molecular weight is 449 g/mol. The summed E-state index contributed by atoms with van der Waals surface area (Å²) in [6.45, 7) is 12.2. The van der Waals surface area contributed by atoms with Crippen molar-refractivity contribution in [3.05, 3.63) is 74.2 Å². The van der Waals surface area contributed by atoms with Gasteiger partial charge in [0.05, 0.1) is 0 Å². The van der Waals surface area contributed by atoms with Crippen LogP contribution in [0.5, 0.6) is 0 Å². The highest BCUT2D eigenvalue weighted by molar-refractivity contribution is 5.76. The molecule has 0 saturated heterocycles. The van der Waals surface area contributed by atoms with Gasteiger partial charge in [0.1, 0.15) is 0 Å². The predicted molar refractivity (Wildman–Crippen MR) is 133 cm³/mol. The van der Waals surface area contributed by atoms with Crippen molar-refractivity contribution in [1.29, 1.82) is 0 Å². The molecule has 8 nitrogen and oxygen atoms in total. The first-order chi connectivity index (χ1) is 15.9. The van der Waals surface area contributed by atoms with Crippen molar-refractivity contribution >= 4 is 23.0 Å². The van der Waals surface area contributed by atoms with Crippen molar-refractivity contribution in [2.45, 2.75) is 40.8 Å². The monoisotopic (exact) mass is 448 g/mol. The number of allylic oxidation sites excluding steroid dienone is 1. The third-order valence-corrected chi connectivity index (χ3v) is 6.56. The Labute approximate surface area is 193 Å². The zero-order chi connectivity index (χ0) is 23.7. The molecule has 0 saturated carbocycles. The highest BCUT2D eigenvalue weighted by Crippen LogP contribution is 2.20. The molecule has 3 heterocycles. The third kappa shape index (κ3) is 3.95. The second-order valence-corrected chi connectivity index (χ2v) is 8.34. The van der Waals surface area contributed by atoms with E-state index in [1.165, 1.54) is 9.13 Å². The molecule has 8 heteroatoms. The molecule has 0 bridgehead atoms. The quantitative estimate of drug-likeness (QED) is 0.416. The van der Waals surface area contributed by atoms with E-state index in [9.17, 15) is 9.59 Å². The Morgan fingerprint density at radius 2 is 1.70 bits per heavy atom. The van der Waals surface area contributed by atoms with Gasteiger partial charge in [-0.1, -0.05) is 56.3 Å². The third-order valence-electron chi connectivity index (χ3n) is 6.56. The number of rotatable bonds is 8. The van der Waals surface area contributed by atoms with Crippen molar-refractivity contribution in [2.24, 2.45) is 7.05 Å². The number of likely N-dealkylation sites (N-methyl/N-ethyl adjacent to an activating group) is 1. The topological polar surface area (TPSA) is 69.5 Å². The number of benzene rings is 1. The Morgan fingerprint density at radius 3 is 2.36 bits per heavy atom. The van der Waals surface area contributed by atoms with Crippen LogP contribution in [0.4, 0.5) is 0 Å². The average Bonchev–Trinajstić information content (AvgIpc) is 3.32. The molecule has 0 aliphatic rings. The lowest BCUT2D eigenvalue weighted by molar-refractivity contribution is 0.291. The maximum atomic E-state index is 13.5. The molecule has 0 amide bonds. The summed E-state index contributed by atoms with van der Waals surface area (Å²) in [4.78, 5) is 33.6. The summed E-state index contributed by atoms with van der Waals surface area (Å²) in [7, 11) is 1.68. The highest BCUT2D eigenvalue weighted by Gasteiger charge is 2.22. The van der Waals surface area contributed by atoms with Crippen molar-refractivity contribution in [3.8, 4) is 0 Å². The molecule has 174 valence electrons. The molecule has 0 radical (unpaired) electrons. The van der Waals surface area contributed by atoms with Crippen LogP contribution in [-0.4, -0.2) is 47.6 Å². The molecular weight excluding hydrogens is 416 g/mol. The number of fused-ring (bicyclic) bond motifs is 3. The Balaban J connectivity index is 1.82. The van der Waals surface area contributed by atoms with E-state index in [1.54, 1.807) is 7.05 Å². The van der Waals surface area contributed by atoms with Crippen LogP contribution in [0.15, 0.2) is 46.0 Å². The Kier molecular flexibility index (Phi) is 6.37. The standard InChI is InChI=1S/C25H32N6O2/c1-6-28(7-2)16-17-29-18(3)19(4)31-21-22(26-24(29)31)27(5)25(33)30(23(21)32)15-11-14-20-12-9-8-10-13-20/h8-14H,6-7,15-17H2,1-5H3/b14-11+. The lowest BCUT2D eigenvalue weighted by Gasteiger charge is -2.18. The molecule has 0 aliphatic carbocycles. The fraction of sp³-hybridized carbons (Fsp3) is 0.400. The van der Waals surface area contributed by atoms with Crippen molar-refractivity contribution in [3.63, 3.8) is 0 Å². The molecule has 4 aromatic rings. The lowest BCUT2D eigenvalue weighted by atomic mass is 10.2. The minimum Gasteiger partial charge on any atom is -0.313 e. The van der Waals surface area contributed by atoms with Gasteiger partial charge in [0.2, 0.25) is 5.78 Å². The van der Waals surface area contributed by atoms with E-state index in [0.717, 1.165) is 43.1 Å². The molecule has 1 aromatic carbocycles. The molecular formula is C25H32N6O2. The molecule has 4 rings (SSSR count). The second kappa shape index (κ2) is 9.23. The van der Waals surface area contributed by atoms with Gasteiger partial charge in [-0.05, 0) is 32.5 Å². The molecule has 33 heavy (non-hydrogen) atoms. The molecule has 0 fully saturated rings. The molecule has 0 N–H and O–H groups in total. The fourth-order valence-electron chi connectivity index (χ4n) is 4.38. The van der Waals surface area contributed by atoms with Gasteiger partial charge in [-0.25, -0.2) is 4.79 Å². The number of nitrogens with zero attached hydrogens (tertiary/aromatic N) is 6. The van der Waals surface area contributed by atoms with Crippen molar-refractivity contribution in [1.82, 2.24) is 28.0 Å². The molecule has 0 atom stereocenters. The first-order valence-corrected chi connectivity index (χ1v) is 11.5. The van der Waals surface area contributed by atoms with E-state index in [4.69, 9.17) is 4.98 Å². The van der Waals surface area contributed by atoms with Gasteiger partial charge in [-0.3, -0.25) is 18.3 Å². The van der Waals surface area contributed by atoms with Crippen LogP contribution in [-0.2, 0) is 20.1 Å². The summed E-state index contributed by atoms with van der Waals surface area (Å²) in [5.41, 5.74) is 3.25. The molecule has 0 spiro atoms. The van der Waals surface area contributed by atoms with Crippen LogP contribution in [0, 0.1) is 13.8 Å². The zero-order valence-corrected chi connectivity index (χ0v) is 20.1. The van der Waals surface area contributed by atoms with Gasteiger partial charge in [0, 0.05) is 38.1 Å². The van der Waals surface area contributed by atoms with Gasteiger partial charge < -0.3 is 9.47 Å². The van der Waals surface area contributed by atoms with E-state index in [0.29, 0.717) is 16.9 Å². The van der Waals surface area contributed by atoms with Crippen LogP contribution in [0.3, 0.4) is 0 Å². The number of hydrogen-bond acceptors (Lipinski definition) is 4. The first kappa shape index (κ1) is 22.8. The minimum absolute atomic E-state index is 0.199. The normalized spacial score (nSPS) is 12.2. The van der Waals surface area contributed by atoms with E-state index in [-0.39, 0.29) is 17.8 Å². The molecule has 3 aromatic heterocycles. The van der Waals surface area contributed by atoms with Gasteiger partial charge in [0.25, 0.3) is 5.56 Å². The van der Waals surface area contributed by atoms with E-state index in [2.05, 4.69) is 30.2 Å². The number of imidazole rings is 2. The largest absolute Gasteiger partial charge is 0.332 e. The van der Waals surface area contributed by atoms with Crippen LogP contribution >= 0.6 is 0 Å². The lowest BCUT2D eigenvalue weighted by Crippen LogP contribution is -2.39. The van der Waals surface area contributed by atoms with Crippen molar-refractivity contribution in [2.75, 3.05) is 19.6 Å². The highest BCUT2D eigenvalue weighted by atomic mass is 16.2. The van der Waals surface area contributed by atoms with E-state index >= 15 is 0 Å². The summed E-state index contributed by atoms with van der Waals surface area (Å²) in [5, 5.41) is 0. The van der Waals surface area contributed by atoms with Gasteiger partial charge >= 0.3 is 5.69 Å². The molecule has 0 unspecified atom stereocenters. The van der Waals surface area contributed by atoms with Crippen LogP contribution in [0.2, 0.25) is 0 Å². The van der Waals surface area contributed by atoms with Crippen molar-refractivity contribution < 1.29 is 0 Å². The Bertz CT molecular complexity index is 1430. The fourth-order valence-corrected chi connectivity index (χ4v) is 4.38. The summed E-state index contributed by atoms with van der Waals surface area (Å²) in [6.07, 6.45) is 3.76. The second-order valence-electron chi connectivity index (χ2n) is 8.34. The van der Waals surface area contributed by atoms with Crippen LogP contribution in [0.1, 0.15) is 30.8 Å². The van der Waals surface area contributed by atoms with Crippen LogP contribution < -0.4 is 11.2 Å². The molecule has 0 aliphatic heterocycles. The predicted octanol–water partition coefficient (Wildman–Crippen LogP) is 2.82. The van der Waals surface area contributed by atoms with Gasteiger partial charge in [-0.15, -0.1) is 0 Å². The number of aryl methyl sites for hydroxylation is 2. The summed E-state index contributed by atoms with van der Waals surface area (Å²) in [6, 6.07) is 9.82. The van der Waals surface area contributed by atoms with Gasteiger partial charge in [0.15, 0.2) is 11.2 Å². The number of hydrogen-bond donors (Lipinski definition) is 0. The Morgan fingerprint density at radius 1 is 1.00 bits per heavy atom. The Hall–Kier alpha value is -3.39. The van der Waals surface area contributed by atoms with Gasteiger partial charge in [-0.2, -0.15) is 4.98 Å². The SMILES string of the molecule is CCN(CC)CCn1c(C)c(C)n2c3c(=O)n(C/C=C/c4ccccc4)c(=O)n(C)c3nc12. The maximum absolute atomic E-state index is 13.5. The summed E-state index contributed by atoms with van der Waals surface area (Å²) in [5.74, 6) is 0.705. The number of aromatic nitrogens is 5. The van der Waals surface area contributed by atoms with E-state index < -0.39 is 0 Å². The van der Waals surface area contributed by atoms with Crippen LogP contribution in [0.25, 0.3) is 23.0 Å². The minimum atomic E-state index is -0.366. The van der Waals surface area contributed by atoms with E-state index in [1.807, 2.05) is 53.8 Å². The summed E-state index contributed by atoms with van der Waals surface area (Å²) >= 11 is 0.